The van der Waals surface area contributed by atoms with Crippen molar-refractivity contribution in [2.75, 3.05) is 20.1 Å². The monoisotopic (exact) mass is 214 g/mol. The minimum absolute atomic E-state index is 0.0579. The van der Waals surface area contributed by atoms with E-state index in [1.54, 1.807) is 18.9 Å². The van der Waals surface area contributed by atoms with Crippen molar-refractivity contribution in [2.45, 2.75) is 38.8 Å². The molecular weight excluding hydrogens is 192 g/mol. The first-order valence-electron chi connectivity index (χ1n) is 5.67. The summed E-state index contributed by atoms with van der Waals surface area (Å²) in [6.07, 6.45) is 1.59. The van der Waals surface area contributed by atoms with Crippen molar-refractivity contribution in [1.29, 1.82) is 0 Å². The number of aliphatic hydroxyl groups is 1. The molecule has 1 aliphatic rings. The van der Waals surface area contributed by atoms with E-state index in [1.807, 2.05) is 0 Å². The summed E-state index contributed by atoms with van der Waals surface area (Å²) in [6, 6.07) is -0.0579. The number of likely N-dealkylation sites (N-methyl/N-ethyl adjacent to an activating group) is 1. The average molecular weight is 214 g/mol. The van der Waals surface area contributed by atoms with E-state index < -0.39 is 6.10 Å². The zero-order valence-electron chi connectivity index (χ0n) is 9.86. The van der Waals surface area contributed by atoms with Crippen LogP contribution >= 0.6 is 0 Å². The molecule has 0 aromatic heterocycles. The van der Waals surface area contributed by atoms with Crippen LogP contribution in [0, 0.1) is 5.92 Å². The molecule has 0 radical (unpaired) electrons. The van der Waals surface area contributed by atoms with Crippen molar-refractivity contribution in [1.82, 2.24) is 10.2 Å². The molecule has 2 N–H and O–H groups in total. The minimum atomic E-state index is -0.458. The van der Waals surface area contributed by atoms with E-state index in [1.165, 1.54) is 0 Å². The summed E-state index contributed by atoms with van der Waals surface area (Å²) in [6.45, 7) is 5.20. The fourth-order valence-electron chi connectivity index (χ4n) is 2.05. The maximum absolute atomic E-state index is 11.9. The van der Waals surface area contributed by atoms with Gasteiger partial charge in [-0.25, -0.2) is 0 Å². The van der Waals surface area contributed by atoms with E-state index in [9.17, 15) is 9.90 Å². The summed E-state index contributed by atoms with van der Waals surface area (Å²) in [7, 11) is 1.75. The summed E-state index contributed by atoms with van der Waals surface area (Å²) in [5.41, 5.74) is 0. The first kappa shape index (κ1) is 12.5. The van der Waals surface area contributed by atoms with Gasteiger partial charge in [0.2, 0.25) is 5.91 Å². The summed E-state index contributed by atoms with van der Waals surface area (Å²) in [4.78, 5) is 13.5. The third-order valence-corrected chi connectivity index (χ3v) is 2.88. The van der Waals surface area contributed by atoms with E-state index in [2.05, 4.69) is 12.2 Å². The molecule has 1 fully saturated rings. The van der Waals surface area contributed by atoms with Crippen LogP contribution in [-0.2, 0) is 4.79 Å². The molecule has 88 valence electrons. The van der Waals surface area contributed by atoms with Crippen LogP contribution in [0.3, 0.4) is 0 Å². The van der Waals surface area contributed by atoms with Crippen molar-refractivity contribution < 1.29 is 9.90 Å². The van der Waals surface area contributed by atoms with Gasteiger partial charge < -0.3 is 15.3 Å². The van der Waals surface area contributed by atoms with E-state index in [-0.39, 0.29) is 11.9 Å². The Morgan fingerprint density at radius 2 is 2.33 bits per heavy atom. The molecule has 1 amide bonds. The molecule has 4 nitrogen and oxygen atoms in total. The van der Waals surface area contributed by atoms with Crippen LogP contribution < -0.4 is 5.32 Å². The molecule has 0 saturated carbocycles. The third kappa shape index (κ3) is 3.80. The lowest BCUT2D eigenvalue weighted by atomic mass is 9.93. The zero-order chi connectivity index (χ0) is 11.4. The molecule has 1 saturated heterocycles. The SMILES string of the molecule is CC(O)CN(C)C(=O)C1CC(C)CCN1. The molecule has 3 unspecified atom stereocenters. The van der Waals surface area contributed by atoms with Crippen molar-refractivity contribution in [3.63, 3.8) is 0 Å². The van der Waals surface area contributed by atoms with Gasteiger partial charge in [0.25, 0.3) is 0 Å². The van der Waals surface area contributed by atoms with Crippen molar-refractivity contribution in [3.05, 3.63) is 0 Å². The molecule has 1 heterocycles. The normalized spacial score (nSPS) is 28.5. The standard InChI is InChI=1S/C11H22N2O2/c1-8-4-5-12-10(6-8)11(15)13(3)7-9(2)14/h8-10,12,14H,4-7H2,1-3H3. The van der Waals surface area contributed by atoms with Gasteiger partial charge >= 0.3 is 0 Å². The van der Waals surface area contributed by atoms with Crippen LogP contribution in [0.4, 0.5) is 0 Å². The van der Waals surface area contributed by atoms with Crippen molar-refractivity contribution >= 4 is 5.91 Å². The molecule has 0 aromatic carbocycles. The fourth-order valence-corrected chi connectivity index (χ4v) is 2.05. The fraction of sp³-hybridized carbons (Fsp3) is 0.909. The highest BCUT2D eigenvalue weighted by Crippen LogP contribution is 2.16. The lowest BCUT2D eigenvalue weighted by Crippen LogP contribution is -2.50. The van der Waals surface area contributed by atoms with E-state index >= 15 is 0 Å². The number of nitrogens with one attached hydrogen (secondary N) is 1. The Bertz CT molecular complexity index is 219. The van der Waals surface area contributed by atoms with E-state index in [0.717, 1.165) is 19.4 Å². The Morgan fingerprint density at radius 1 is 1.67 bits per heavy atom. The van der Waals surface area contributed by atoms with Gasteiger partial charge in [-0.2, -0.15) is 0 Å². The quantitative estimate of drug-likeness (QED) is 0.706. The number of hydrogen-bond acceptors (Lipinski definition) is 3. The lowest BCUT2D eigenvalue weighted by molar-refractivity contribution is -0.134. The summed E-state index contributed by atoms with van der Waals surface area (Å²) in [5, 5.41) is 12.4. The van der Waals surface area contributed by atoms with Gasteiger partial charge in [-0.1, -0.05) is 6.92 Å². The number of amides is 1. The highest BCUT2D eigenvalue weighted by molar-refractivity contribution is 5.81. The Hall–Kier alpha value is -0.610. The molecule has 1 rings (SSSR count). The van der Waals surface area contributed by atoms with Gasteiger partial charge in [-0.05, 0) is 32.2 Å². The van der Waals surface area contributed by atoms with Crippen LogP contribution in [0.25, 0.3) is 0 Å². The zero-order valence-corrected chi connectivity index (χ0v) is 9.86. The van der Waals surface area contributed by atoms with Crippen LogP contribution in [0.2, 0.25) is 0 Å². The highest BCUT2D eigenvalue weighted by Gasteiger charge is 2.26. The molecule has 0 bridgehead atoms. The second-order valence-electron chi connectivity index (χ2n) is 4.70. The lowest BCUT2D eigenvalue weighted by Gasteiger charge is -2.31. The molecule has 0 aliphatic carbocycles. The van der Waals surface area contributed by atoms with Gasteiger partial charge in [0.05, 0.1) is 12.1 Å². The molecule has 4 heteroatoms. The second-order valence-corrected chi connectivity index (χ2v) is 4.70. The number of aliphatic hydroxyl groups excluding tert-OH is 1. The maximum Gasteiger partial charge on any atom is 0.239 e. The molecule has 1 aliphatic heterocycles. The molecule has 15 heavy (non-hydrogen) atoms. The van der Waals surface area contributed by atoms with E-state index in [4.69, 9.17) is 0 Å². The second kappa shape index (κ2) is 5.47. The predicted octanol–water partition coefficient (Wildman–Crippen LogP) is 0.214. The number of carbonyl (C=O) groups excluding carboxylic acids is 1. The topological polar surface area (TPSA) is 52.6 Å². The Kier molecular flexibility index (Phi) is 4.54. The largest absolute Gasteiger partial charge is 0.392 e. The molecule has 0 aromatic rings. The molecule has 0 spiro atoms. The van der Waals surface area contributed by atoms with Crippen LogP contribution in [-0.4, -0.2) is 48.2 Å². The average Bonchev–Trinajstić information content (AvgIpc) is 2.15. The number of piperidine rings is 1. The Morgan fingerprint density at radius 3 is 2.87 bits per heavy atom. The summed E-state index contributed by atoms with van der Waals surface area (Å²) < 4.78 is 0. The Labute approximate surface area is 91.6 Å². The Balaban J connectivity index is 2.44. The minimum Gasteiger partial charge on any atom is -0.392 e. The van der Waals surface area contributed by atoms with Gasteiger partial charge in [-0.15, -0.1) is 0 Å². The van der Waals surface area contributed by atoms with Crippen LogP contribution in [0.15, 0.2) is 0 Å². The summed E-state index contributed by atoms with van der Waals surface area (Å²) in [5.74, 6) is 0.711. The smallest absolute Gasteiger partial charge is 0.239 e. The van der Waals surface area contributed by atoms with Gasteiger partial charge in [0.1, 0.15) is 0 Å². The first-order chi connectivity index (χ1) is 7.00. The predicted molar refractivity (Wildman–Crippen MR) is 59.5 cm³/mol. The number of hydrogen-bond donors (Lipinski definition) is 2. The maximum atomic E-state index is 11.9. The van der Waals surface area contributed by atoms with Crippen LogP contribution in [0.5, 0.6) is 0 Å². The number of carbonyl (C=O) groups is 1. The summed E-state index contributed by atoms with van der Waals surface area (Å²) >= 11 is 0. The molecular formula is C11H22N2O2. The highest BCUT2D eigenvalue weighted by atomic mass is 16.3. The van der Waals surface area contributed by atoms with Crippen molar-refractivity contribution in [2.24, 2.45) is 5.92 Å². The van der Waals surface area contributed by atoms with Crippen molar-refractivity contribution in [3.8, 4) is 0 Å². The number of rotatable bonds is 3. The van der Waals surface area contributed by atoms with E-state index in [0.29, 0.717) is 12.5 Å². The van der Waals surface area contributed by atoms with Gasteiger partial charge in [0.15, 0.2) is 0 Å². The number of nitrogens with zero attached hydrogens (tertiary/aromatic N) is 1. The third-order valence-electron chi connectivity index (χ3n) is 2.88. The van der Waals surface area contributed by atoms with Gasteiger partial charge in [0, 0.05) is 13.6 Å². The first-order valence-corrected chi connectivity index (χ1v) is 5.67. The van der Waals surface area contributed by atoms with Gasteiger partial charge in [-0.3, -0.25) is 4.79 Å². The molecule has 3 atom stereocenters. The van der Waals surface area contributed by atoms with Crippen LogP contribution in [0.1, 0.15) is 26.7 Å².